The summed E-state index contributed by atoms with van der Waals surface area (Å²) in [5.41, 5.74) is 40.6. The van der Waals surface area contributed by atoms with E-state index in [-0.39, 0.29) is 83.0 Å². The van der Waals surface area contributed by atoms with E-state index in [4.69, 9.17) is 40.1 Å². The molecule has 22 N–H and O–H groups in total. The fraction of sp³-hybridized carbons (Fsp3) is 0.587. The van der Waals surface area contributed by atoms with E-state index in [1.165, 1.54) is 21.6 Å². The first kappa shape index (κ1) is 78.5. The van der Waals surface area contributed by atoms with Gasteiger partial charge in [0.25, 0.3) is 0 Å². The zero-order chi connectivity index (χ0) is 70.1. The number of aliphatic imine (C=N–C) groups is 1. The molecule has 2 aliphatic rings. The van der Waals surface area contributed by atoms with Gasteiger partial charge in [0.2, 0.25) is 76.8 Å². The zero-order valence-corrected chi connectivity index (χ0v) is 55.3. The number of thioether (sulfide) groups is 1. The van der Waals surface area contributed by atoms with Gasteiger partial charge in [-0.15, -0.1) is 0 Å². The molecular formula is C63H98N18O13S. The Balaban J connectivity index is 1.56. The Morgan fingerprint density at radius 3 is 1.51 bits per heavy atom. The van der Waals surface area contributed by atoms with Crippen molar-refractivity contribution in [1.29, 1.82) is 0 Å². The summed E-state index contributed by atoms with van der Waals surface area (Å²) in [6, 6.07) is 4.51. The maximum Gasteiger partial charge on any atom is 0.245 e. The predicted molar refractivity (Wildman–Crippen MR) is 356 cm³/mol. The molecule has 0 radical (unpaired) electrons. The normalized spacial score (nSPS) is 16.8. The van der Waals surface area contributed by atoms with Gasteiger partial charge in [-0.2, -0.15) is 11.8 Å². The van der Waals surface area contributed by atoms with Crippen LogP contribution < -0.4 is 82.7 Å². The Hall–Kier alpha value is -8.91. The topological polar surface area (TPSA) is 519 Å². The molecule has 2 saturated heterocycles. The molecule has 2 aromatic rings. The first-order valence-corrected chi connectivity index (χ1v) is 33.6. The highest BCUT2D eigenvalue weighted by molar-refractivity contribution is 7.98. The number of carbonyl (C=O) groups excluding carboxylic acids is 13. The van der Waals surface area contributed by atoms with Crippen LogP contribution in [0.2, 0.25) is 0 Å². The number of guanidine groups is 1. The number of hydrogen-bond donors (Lipinski definition) is 15. The summed E-state index contributed by atoms with van der Waals surface area (Å²) in [5.74, 6) is -9.80. The lowest BCUT2D eigenvalue weighted by Gasteiger charge is -2.32. The summed E-state index contributed by atoms with van der Waals surface area (Å²) < 4.78 is 0. The Morgan fingerprint density at radius 2 is 1.01 bits per heavy atom. The smallest absolute Gasteiger partial charge is 0.245 e. The van der Waals surface area contributed by atoms with Gasteiger partial charge in [-0.3, -0.25) is 67.3 Å². The van der Waals surface area contributed by atoms with Crippen LogP contribution in [0.4, 0.5) is 0 Å². The maximum absolute atomic E-state index is 14.7. The standard InChI is InChI=1S/C63H98N18O13S/c1-37(2)33-45(57(89)74-41(53(68)85)27-32-95-3)73-52(84)36-72-54(86)46(34-38-15-6-4-7-16-38)78-58(90)47(35-39-17-8-5-9-18-39)79-56(88)42(23-25-50(66)82)75-55(87)43(24-26-51(67)83)76-59(91)49-22-14-31-81(49)62(94)44(20-10-11-28-64)77-60(92)48-21-13-30-80(48)61(93)40(65)19-12-29-71-63(69)70/h4-9,15-18,37,40-49H,10-14,19-36,64-65H2,1-3H3,(H2,66,82)(H2,67,83)(H2,68,85)(H,72,86)(H,73,84)(H,74,89)(H,75,87)(H,76,91)(H,77,92)(H,78,90)(H,79,88)(H4,69,70,71)/t40-,41+,42+,43-,44+,45-,46-,47-,48-,49+/m1/s1. The average Bonchev–Trinajstić information content (AvgIpc) is 1.74. The SMILES string of the molecule is CSCC[C@H](NC(=O)[C@@H](CC(C)C)NC(=O)CNC(=O)[C@@H](Cc1ccccc1)NC(=O)[C@@H](Cc1ccccc1)NC(=O)[C@H](CCC(N)=O)NC(=O)[C@@H](CCC(N)=O)NC(=O)[C@@H]1CCCN1C(=O)[C@H](CCCCN)NC(=O)[C@H]1CCCN1C(=O)[C@H](N)CCCN=C(N)N)C(N)=O. The predicted octanol–water partition coefficient (Wildman–Crippen LogP) is -3.71. The third kappa shape index (κ3) is 27.5. The van der Waals surface area contributed by atoms with Gasteiger partial charge in [-0.1, -0.05) is 74.5 Å². The number of carbonyl (C=O) groups is 13. The van der Waals surface area contributed by atoms with E-state index < -0.39 is 169 Å². The number of nitrogens with one attached hydrogen (secondary N) is 8. The number of hydrogen-bond acceptors (Lipinski definition) is 17. The van der Waals surface area contributed by atoms with Gasteiger partial charge in [0.05, 0.1) is 12.6 Å². The number of nitrogens with zero attached hydrogens (tertiary/aromatic N) is 3. The van der Waals surface area contributed by atoms with Gasteiger partial charge in [-0.25, -0.2) is 0 Å². The Morgan fingerprint density at radius 1 is 0.537 bits per heavy atom. The maximum atomic E-state index is 14.7. The quantitative estimate of drug-likeness (QED) is 0.0173. The summed E-state index contributed by atoms with van der Waals surface area (Å²) >= 11 is 1.45. The van der Waals surface area contributed by atoms with E-state index in [0.717, 1.165) is 0 Å². The number of primary amides is 3. The van der Waals surface area contributed by atoms with Gasteiger partial charge < -0.3 is 92.5 Å². The van der Waals surface area contributed by atoms with Crippen molar-refractivity contribution in [1.82, 2.24) is 52.3 Å². The molecule has 31 nitrogen and oxygen atoms in total. The minimum absolute atomic E-state index is 0.0736. The first-order valence-electron chi connectivity index (χ1n) is 32.2. The lowest BCUT2D eigenvalue weighted by molar-refractivity contribution is -0.144. The van der Waals surface area contributed by atoms with Gasteiger partial charge >= 0.3 is 0 Å². The monoisotopic (exact) mass is 1350 g/mol. The number of amides is 13. The third-order valence-corrected chi connectivity index (χ3v) is 16.7. The molecular weight excluding hydrogens is 1250 g/mol. The molecule has 0 saturated carbocycles. The fourth-order valence-corrected chi connectivity index (χ4v) is 11.5. The molecule has 0 unspecified atom stereocenters. The van der Waals surface area contributed by atoms with Crippen molar-refractivity contribution >= 4 is 94.5 Å². The van der Waals surface area contributed by atoms with E-state index in [9.17, 15) is 62.3 Å². The molecule has 32 heteroatoms. The van der Waals surface area contributed by atoms with Gasteiger partial charge in [0.1, 0.15) is 54.4 Å². The zero-order valence-electron chi connectivity index (χ0n) is 54.5. The van der Waals surface area contributed by atoms with Crippen LogP contribution in [-0.4, -0.2) is 198 Å². The number of likely N-dealkylation sites (tertiary alicyclic amines) is 2. The highest BCUT2D eigenvalue weighted by atomic mass is 32.2. The van der Waals surface area contributed by atoms with Crippen LogP contribution in [0.15, 0.2) is 65.7 Å². The average molecular weight is 1350 g/mol. The molecule has 0 spiro atoms. The molecule has 2 aromatic carbocycles. The van der Waals surface area contributed by atoms with E-state index in [1.807, 2.05) is 20.1 Å². The van der Waals surface area contributed by atoms with Crippen molar-refractivity contribution < 1.29 is 62.3 Å². The molecule has 0 aliphatic carbocycles. The molecule has 2 heterocycles. The van der Waals surface area contributed by atoms with E-state index in [2.05, 4.69) is 47.5 Å². The number of benzene rings is 2. The molecule has 95 heavy (non-hydrogen) atoms. The van der Waals surface area contributed by atoms with Crippen molar-refractivity contribution in [3.8, 4) is 0 Å². The first-order chi connectivity index (χ1) is 45.2. The van der Waals surface area contributed by atoms with Crippen LogP contribution in [0.1, 0.15) is 121 Å². The minimum atomic E-state index is -1.64. The van der Waals surface area contributed by atoms with Crippen molar-refractivity contribution in [3.05, 3.63) is 71.8 Å². The summed E-state index contributed by atoms with van der Waals surface area (Å²) in [7, 11) is 0. The Kier molecular flexibility index (Phi) is 33.9. The van der Waals surface area contributed by atoms with Crippen LogP contribution in [0.25, 0.3) is 0 Å². The van der Waals surface area contributed by atoms with Crippen LogP contribution in [0.3, 0.4) is 0 Å². The number of nitrogens with two attached hydrogens (primary N) is 7. The number of unbranched alkanes of at least 4 members (excludes halogenated alkanes) is 1. The summed E-state index contributed by atoms with van der Waals surface area (Å²) in [6.07, 6.45) is 3.12. The summed E-state index contributed by atoms with van der Waals surface area (Å²) in [4.78, 5) is 185. The van der Waals surface area contributed by atoms with Crippen molar-refractivity contribution in [2.75, 3.05) is 44.7 Å². The van der Waals surface area contributed by atoms with Crippen LogP contribution in [0, 0.1) is 5.92 Å². The van der Waals surface area contributed by atoms with Gasteiger partial charge in [0.15, 0.2) is 5.96 Å². The van der Waals surface area contributed by atoms with Gasteiger partial charge in [-0.05, 0) is 119 Å². The second kappa shape index (κ2) is 41.0. The second-order valence-electron chi connectivity index (χ2n) is 24.1. The Labute approximate surface area is 558 Å². The molecule has 0 aromatic heterocycles. The molecule has 2 fully saturated rings. The van der Waals surface area contributed by atoms with Crippen LogP contribution in [-0.2, 0) is 75.2 Å². The lowest BCUT2D eigenvalue weighted by Crippen LogP contribution is -2.60. The van der Waals surface area contributed by atoms with Crippen molar-refractivity contribution in [3.63, 3.8) is 0 Å². The third-order valence-electron chi connectivity index (χ3n) is 16.0. The highest BCUT2D eigenvalue weighted by Gasteiger charge is 2.42. The molecule has 2 aliphatic heterocycles. The second-order valence-corrected chi connectivity index (χ2v) is 25.1. The van der Waals surface area contributed by atoms with E-state index in [0.29, 0.717) is 55.4 Å². The molecule has 10 atom stereocenters. The van der Waals surface area contributed by atoms with E-state index in [1.54, 1.807) is 60.7 Å². The van der Waals surface area contributed by atoms with Crippen molar-refractivity contribution in [2.24, 2.45) is 51.0 Å². The molecule has 524 valence electrons. The highest BCUT2D eigenvalue weighted by Crippen LogP contribution is 2.24. The Bertz CT molecular complexity index is 2960. The van der Waals surface area contributed by atoms with Gasteiger partial charge in [0, 0.05) is 45.3 Å². The van der Waals surface area contributed by atoms with Crippen LogP contribution >= 0.6 is 11.8 Å². The fourth-order valence-electron chi connectivity index (χ4n) is 11.0. The largest absolute Gasteiger partial charge is 0.370 e. The summed E-state index contributed by atoms with van der Waals surface area (Å²) in [5, 5.41) is 21.1. The molecule has 13 amide bonds. The minimum Gasteiger partial charge on any atom is -0.370 e. The van der Waals surface area contributed by atoms with E-state index >= 15 is 0 Å². The molecule has 0 bridgehead atoms. The molecule has 4 rings (SSSR count). The van der Waals surface area contributed by atoms with Crippen LogP contribution in [0.5, 0.6) is 0 Å². The lowest BCUT2D eigenvalue weighted by atomic mass is 10.0. The summed E-state index contributed by atoms with van der Waals surface area (Å²) in [6.45, 7) is 3.86. The van der Waals surface area contributed by atoms with Crippen molar-refractivity contribution in [2.45, 2.75) is 183 Å². The number of rotatable bonds is 42.